The van der Waals surface area contributed by atoms with E-state index in [0.717, 1.165) is 36.5 Å². The Kier molecular flexibility index (Phi) is 3.72. The molecule has 1 aliphatic carbocycles. The molecular formula is C13H23N3O. The summed E-state index contributed by atoms with van der Waals surface area (Å²) in [4.78, 5) is 0. The predicted molar refractivity (Wildman–Crippen MR) is 69.2 cm³/mol. The molecule has 2 rings (SSSR count). The number of aliphatic hydroxyl groups is 1. The summed E-state index contributed by atoms with van der Waals surface area (Å²) in [5.41, 5.74) is 3.26. The van der Waals surface area contributed by atoms with Gasteiger partial charge >= 0.3 is 0 Å². The Morgan fingerprint density at radius 3 is 2.53 bits per heavy atom. The van der Waals surface area contributed by atoms with Gasteiger partial charge in [0, 0.05) is 12.0 Å². The number of aliphatic hydroxyl groups excluding tert-OH is 1. The molecule has 0 spiro atoms. The number of aromatic nitrogens is 2. The van der Waals surface area contributed by atoms with Gasteiger partial charge < -0.3 is 10.4 Å². The molecular weight excluding hydrogens is 214 g/mol. The zero-order valence-electron chi connectivity index (χ0n) is 10.8. The Labute approximate surface area is 103 Å². The van der Waals surface area contributed by atoms with E-state index in [0.29, 0.717) is 0 Å². The summed E-state index contributed by atoms with van der Waals surface area (Å²) in [6.45, 7) is 5.16. The van der Waals surface area contributed by atoms with Gasteiger partial charge in [0.25, 0.3) is 0 Å². The molecule has 0 atom stereocenters. The minimum absolute atomic E-state index is 0.0778. The highest BCUT2D eigenvalue weighted by atomic mass is 16.3. The van der Waals surface area contributed by atoms with Crippen LogP contribution < -0.4 is 5.32 Å². The van der Waals surface area contributed by atoms with E-state index in [1.807, 2.05) is 13.8 Å². The molecule has 3 N–H and O–H groups in total. The number of rotatable bonds is 4. The Morgan fingerprint density at radius 1 is 1.29 bits per heavy atom. The molecule has 0 unspecified atom stereocenters. The van der Waals surface area contributed by atoms with Crippen molar-refractivity contribution < 1.29 is 5.11 Å². The number of hydrogen-bond donors (Lipinski definition) is 3. The van der Waals surface area contributed by atoms with Gasteiger partial charge in [0.2, 0.25) is 0 Å². The molecule has 1 aliphatic rings. The minimum atomic E-state index is 0.0778. The van der Waals surface area contributed by atoms with Crippen molar-refractivity contribution in [3.63, 3.8) is 0 Å². The van der Waals surface area contributed by atoms with Crippen molar-refractivity contribution in [2.45, 2.75) is 46.0 Å². The maximum absolute atomic E-state index is 9.65. The number of aryl methyl sites for hydroxylation is 2. The van der Waals surface area contributed by atoms with Crippen LogP contribution in [0, 0.1) is 19.3 Å². The molecule has 17 heavy (non-hydrogen) atoms. The van der Waals surface area contributed by atoms with Gasteiger partial charge in [-0.05, 0) is 26.7 Å². The first-order chi connectivity index (χ1) is 8.17. The van der Waals surface area contributed by atoms with E-state index in [1.54, 1.807) is 0 Å². The smallest absolute Gasteiger partial charge is 0.0825 e. The van der Waals surface area contributed by atoms with Crippen molar-refractivity contribution in [3.8, 4) is 0 Å². The SMILES string of the molecule is Cc1n[nH]c(C)c1NCC1(CO)CCCCC1. The van der Waals surface area contributed by atoms with E-state index in [9.17, 15) is 5.11 Å². The van der Waals surface area contributed by atoms with Gasteiger partial charge in [-0.1, -0.05) is 19.3 Å². The number of nitrogens with one attached hydrogen (secondary N) is 2. The van der Waals surface area contributed by atoms with Crippen LogP contribution in [0.5, 0.6) is 0 Å². The van der Waals surface area contributed by atoms with Crippen LogP contribution in [-0.2, 0) is 0 Å². The third kappa shape index (κ3) is 2.63. The van der Waals surface area contributed by atoms with Crippen molar-refractivity contribution in [1.29, 1.82) is 0 Å². The van der Waals surface area contributed by atoms with Crippen molar-refractivity contribution >= 4 is 5.69 Å². The zero-order valence-corrected chi connectivity index (χ0v) is 10.8. The largest absolute Gasteiger partial charge is 0.396 e. The van der Waals surface area contributed by atoms with Crippen LogP contribution in [0.3, 0.4) is 0 Å². The van der Waals surface area contributed by atoms with E-state index in [4.69, 9.17) is 0 Å². The Morgan fingerprint density at radius 2 is 2.00 bits per heavy atom. The molecule has 1 saturated carbocycles. The zero-order chi connectivity index (χ0) is 12.3. The first-order valence-electron chi connectivity index (χ1n) is 6.53. The minimum Gasteiger partial charge on any atom is -0.396 e. The lowest BCUT2D eigenvalue weighted by Crippen LogP contribution is -2.35. The summed E-state index contributed by atoms with van der Waals surface area (Å²) in [6, 6.07) is 0. The summed E-state index contributed by atoms with van der Waals surface area (Å²) in [5.74, 6) is 0. The third-order valence-electron chi connectivity index (χ3n) is 4.02. The van der Waals surface area contributed by atoms with Gasteiger partial charge in [-0.3, -0.25) is 5.10 Å². The summed E-state index contributed by atoms with van der Waals surface area (Å²) < 4.78 is 0. The lowest BCUT2D eigenvalue weighted by Gasteiger charge is -2.36. The summed E-state index contributed by atoms with van der Waals surface area (Å²) in [5, 5.41) is 20.3. The standard InChI is InChI=1S/C13H23N3O/c1-10-12(11(2)16-15-10)14-8-13(9-17)6-4-3-5-7-13/h14,17H,3-9H2,1-2H3,(H,15,16). The number of nitrogens with zero attached hydrogens (tertiary/aromatic N) is 1. The van der Waals surface area contributed by atoms with E-state index >= 15 is 0 Å². The average Bonchev–Trinajstić information content (AvgIpc) is 2.68. The summed E-state index contributed by atoms with van der Waals surface area (Å²) >= 11 is 0. The lowest BCUT2D eigenvalue weighted by atomic mass is 9.74. The topological polar surface area (TPSA) is 60.9 Å². The number of anilines is 1. The first-order valence-corrected chi connectivity index (χ1v) is 6.53. The Hall–Kier alpha value is -1.03. The van der Waals surface area contributed by atoms with Crippen molar-refractivity contribution in [2.75, 3.05) is 18.5 Å². The van der Waals surface area contributed by atoms with Crippen molar-refractivity contribution in [3.05, 3.63) is 11.4 Å². The third-order valence-corrected chi connectivity index (χ3v) is 4.02. The fourth-order valence-corrected chi connectivity index (χ4v) is 2.78. The highest BCUT2D eigenvalue weighted by molar-refractivity contribution is 5.51. The molecule has 4 nitrogen and oxygen atoms in total. The normalized spacial score (nSPS) is 19.2. The maximum atomic E-state index is 9.65. The van der Waals surface area contributed by atoms with Crippen LogP contribution in [0.4, 0.5) is 5.69 Å². The van der Waals surface area contributed by atoms with Gasteiger partial charge in [0.05, 0.1) is 23.7 Å². The lowest BCUT2D eigenvalue weighted by molar-refractivity contribution is 0.0944. The number of hydrogen-bond acceptors (Lipinski definition) is 3. The van der Waals surface area contributed by atoms with Gasteiger partial charge in [-0.15, -0.1) is 0 Å². The van der Waals surface area contributed by atoms with Crippen molar-refractivity contribution in [1.82, 2.24) is 10.2 Å². The monoisotopic (exact) mass is 237 g/mol. The van der Waals surface area contributed by atoms with Crippen LogP contribution in [0.1, 0.15) is 43.5 Å². The highest BCUT2D eigenvalue weighted by Crippen LogP contribution is 2.36. The van der Waals surface area contributed by atoms with Gasteiger partial charge in [-0.2, -0.15) is 5.10 Å². The molecule has 1 fully saturated rings. The summed E-state index contributed by atoms with van der Waals surface area (Å²) in [6.07, 6.45) is 6.06. The molecule has 96 valence electrons. The van der Waals surface area contributed by atoms with Gasteiger partial charge in [0.1, 0.15) is 0 Å². The van der Waals surface area contributed by atoms with Crippen LogP contribution in [0.15, 0.2) is 0 Å². The summed E-state index contributed by atoms with van der Waals surface area (Å²) in [7, 11) is 0. The van der Waals surface area contributed by atoms with Crippen LogP contribution in [-0.4, -0.2) is 28.5 Å². The maximum Gasteiger partial charge on any atom is 0.0825 e. The van der Waals surface area contributed by atoms with Crippen LogP contribution in [0.2, 0.25) is 0 Å². The van der Waals surface area contributed by atoms with Crippen LogP contribution >= 0.6 is 0 Å². The van der Waals surface area contributed by atoms with E-state index in [2.05, 4.69) is 15.5 Å². The van der Waals surface area contributed by atoms with E-state index in [-0.39, 0.29) is 12.0 Å². The molecule has 1 aromatic heterocycles. The molecule has 0 bridgehead atoms. The van der Waals surface area contributed by atoms with E-state index < -0.39 is 0 Å². The highest BCUT2D eigenvalue weighted by Gasteiger charge is 2.31. The molecule has 1 aromatic rings. The molecule has 0 amide bonds. The number of H-pyrrole nitrogens is 1. The molecule has 0 aromatic carbocycles. The fourth-order valence-electron chi connectivity index (χ4n) is 2.78. The average molecular weight is 237 g/mol. The Balaban J connectivity index is 2.00. The molecule has 1 heterocycles. The molecule has 0 saturated heterocycles. The van der Waals surface area contributed by atoms with Crippen molar-refractivity contribution in [2.24, 2.45) is 5.41 Å². The number of aromatic amines is 1. The second-order valence-electron chi connectivity index (χ2n) is 5.38. The second kappa shape index (κ2) is 5.08. The fraction of sp³-hybridized carbons (Fsp3) is 0.769. The predicted octanol–water partition coefficient (Wildman–Crippen LogP) is 2.38. The molecule has 0 radical (unpaired) electrons. The van der Waals surface area contributed by atoms with Gasteiger partial charge in [-0.25, -0.2) is 0 Å². The van der Waals surface area contributed by atoms with Crippen LogP contribution in [0.25, 0.3) is 0 Å². The van der Waals surface area contributed by atoms with E-state index in [1.165, 1.54) is 19.3 Å². The molecule has 0 aliphatic heterocycles. The quantitative estimate of drug-likeness (QED) is 0.753. The second-order valence-corrected chi connectivity index (χ2v) is 5.38. The Bertz CT molecular complexity index is 347. The first kappa shape index (κ1) is 12.4. The molecule has 4 heteroatoms. The van der Waals surface area contributed by atoms with Gasteiger partial charge in [0.15, 0.2) is 0 Å².